The lowest BCUT2D eigenvalue weighted by Crippen LogP contribution is -2.40. The molecule has 186 valence electrons. The van der Waals surface area contributed by atoms with Gasteiger partial charge in [0.25, 0.3) is 0 Å². The van der Waals surface area contributed by atoms with Gasteiger partial charge in [0.2, 0.25) is 5.91 Å². The van der Waals surface area contributed by atoms with Crippen molar-refractivity contribution in [2.45, 2.75) is 63.1 Å². The Labute approximate surface area is 198 Å². The van der Waals surface area contributed by atoms with E-state index in [0.29, 0.717) is 17.6 Å². The quantitative estimate of drug-likeness (QED) is 0.461. The predicted octanol–water partition coefficient (Wildman–Crippen LogP) is 1.76. The lowest BCUT2D eigenvalue weighted by molar-refractivity contribution is -0.201. The molecule has 3 N–H and O–H groups in total. The number of carbonyl (C=O) groups is 1. The number of aliphatic hydroxyl groups excluding tert-OH is 1. The van der Waals surface area contributed by atoms with E-state index >= 15 is 0 Å². The highest BCUT2D eigenvalue weighted by atomic mass is 31.1. The molecule has 2 fully saturated rings. The maximum atomic E-state index is 12.3. The van der Waals surface area contributed by atoms with Gasteiger partial charge in [-0.1, -0.05) is 12.1 Å². The molecule has 0 radical (unpaired) electrons. The number of allylic oxidation sites excluding steroid dienone is 1. The molecular formula is C22H30N3O8P. The second-order valence-corrected chi connectivity index (χ2v) is 9.76. The molecule has 34 heavy (non-hydrogen) atoms. The van der Waals surface area contributed by atoms with Crippen LogP contribution in [0.5, 0.6) is 0 Å². The Bertz CT molecular complexity index is 957. The summed E-state index contributed by atoms with van der Waals surface area (Å²) in [6, 6.07) is 3.49. The molecule has 3 aliphatic heterocycles. The van der Waals surface area contributed by atoms with Crippen LogP contribution in [-0.4, -0.2) is 64.4 Å². The van der Waals surface area contributed by atoms with E-state index in [0.717, 1.165) is 0 Å². The van der Waals surface area contributed by atoms with Crippen molar-refractivity contribution in [1.29, 1.82) is 0 Å². The summed E-state index contributed by atoms with van der Waals surface area (Å²) in [5.41, 5.74) is 6.54. The number of nitrogens with two attached hydrogens (primary N) is 1. The van der Waals surface area contributed by atoms with E-state index in [2.05, 4.69) is 4.98 Å². The highest BCUT2D eigenvalue weighted by Gasteiger charge is 2.56. The number of ether oxygens (including phenoxy) is 3. The van der Waals surface area contributed by atoms with Crippen molar-refractivity contribution in [2.24, 2.45) is 5.73 Å². The fourth-order valence-corrected chi connectivity index (χ4v) is 4.79. The summed E-state index contributed by atoms with van der Waals surface area (Å²) in [6.45, 7) is 3.62. The van der Waals surface area contributed by atoms with Gasteiger partial charge in [-0.15, -0.1) is 0 Å². The molecule has 0 bridgehead atoms. The van der Waals surface area contributed by atoms with Gasteiger partial charge in [-0.25, -0.2) is 0 Å². The molecule has 0 aromatic carbocycles. The average Bonchev–Trinajstić information content (AvgIpc) is 3.31. The van der Waals surface area contributed by atoms with Crippen LogP contribution in [0.25, 0.3) is 0 Å². The van der Waals surface area contributed by atoms with Gasteiger partial charge in [-0.3, -0.25) is 14.3 Å². The standard InChI is InChI=1S/C22H30N3O8P/c1-22(2)32-18-17(13-30-34(28)29-10-7-16(26)14-5-3-8-24-11-14)31-21(19(18)33-22)25-9-4-6-15(12-25)20(23)27/h3-5,8-9,11-12,16-19,21,26,34H,6-7,10,13H2,1-2H3,(H2,23,27)/t16?,17?,18-,19-,21-/m1/s1. The monoisotopic (exact) mass is 495 g/mol. The first-order valence-electron chi connectivity index (χ1n) is 11.1. The summed E-state index contributed by atoms with van der Waals surface area (Å²) in [7, 11) is -2.83. The number of rotatable bonds is 10. The number of carbonyl (C=O) groups excluding carboxylic acids is 1. The summed E-state index contributed by atoms with van der Waals surface area (Å²) in [5, 5.41) is 10.1. The maximum absolute atomic E-state index is 12.3. The van der Waals surface area contributed by atoms with Gasteiger partial charge in [-0.05, 0) is 31.9 Å². The van der Waals surface area contributed by atoms with Gasteiger partial charge in [0.05, 0.1) is 19.3 Å². The van der Waals surface area contributed by atoms with E-state index in [1.54, 1.807) is 55.7 Å². The van der Waals surface area contributed by atoms with Crippen molar-refractivity contribution in [3.05, 3.63) is 54.1 Å². The number of primary amides is 1. The molecule has 6 atom stereocenters. The first-order chi connectivity index (χ1) is 16.2. The molecule has 2 saturated heterocycles. The topological polar surface area (TPSA) is 143 Å². The average molecular weight is 495 g/mol. The minimum absolute atomic E-state index is 0.0377. The number of hydrogen-bond acceptors (Lipinski definition) is 10. The lowest BCUT2D eigenvalue weighted by atomic mass is 10.1. The number of nitrogens with zero attached hydrogens (tertiary/aromatic N) is 2. The normalized spacial score (nSPS) is 29.5. The van der Waals surface area contributed by atoms with Crippen LogP contribution in [0.1, 0.15) is 38.4 Å². The van der Waals surface area contributed by atoms with Gasteiger partial charge in [-0.2, -0.15) is 0 Å². The third-order valence-corrected chi connectivity index (χ3v) is 6.54. The molecule has 12 heteroatoms. The maximum Gasteiger partial charge on any atom is 0.319 e. The van der Waals surface area contributed by atoms with Crippen molar-refractivity contribution in [3.8, 4) is 0 Å². The van der Waals surface area contributed by atoms with Gasteiger partial charge in [0.1, 0.15) is 18.3 Å². The van der Waals surface area contributed by atoms with E-state index in [4.69, 9.17) is 29.0 Å². The third-order valence-electron chi connectivity index (χ3n) is 5.70. The van der Waals surface area contributed by atoms with Gasteiger partial charge in [0.15, 0.2) is 12.0 Å². The summed E-state index contributed by atoms with van der Waals surface area (Å²) in [6.07, 6.45) is 6.27. The fraction of sp³-hybridized carbons (Fsp3) is 0.545. The summed E-state index contributed by atoms with van der Waals surface area (Å²) in [5.74, 6) is -1.34. The zero-order chi connectivity index (χ0) is 24.3. The zero-order valence-corrected chi connectivity index (χ0v) is 20.0. The van der Waals surface area contributed by atoms with E-state index in [1.165, 1.54) is 0 Å². The minimum Gasteiger partial charge on any atom is -0.388 e. The number of pyridine rings is 1. The molecule has 11 nitrogen and oxygen atoms in total. The molecule has 4 rings (SSSR count). The van der Waals surface area contributed by atoms with Crippen LogP contribution in [0.2, 0.25) is 0 Å². The van der Waals surface area contributed by atoms with Crippen LogP contribution < -0.4 is 5.73 Å². The van der Waals surface area contributed by atoms with E-state index in [-0.39, 0.29) is 19.6 Å². The summed E-state index contributed by atoms with van der Waals surface area (Å²) >= 11 is 0. The van der Waals surface area contributed by atoms with Gasteiger partial charge < -0.3 is 39.0 Å². The smallest absolute Gasteiger partial charge is 0.319 e. The van der Waals surface area contributed by atoms with E-state index in [9.17, 15) is 14.5 Å². The molecule has 1 amide bonds. The number of aromatic nitrogens is 1. The molecule has 3 unspecified atom stereocenters. The van der Waals surface area contributed by atoms with Crippen molar-refractivity contribution in [2.75, 3.05) is 13.2 Å². The Hall–Kier alpha value is -2.11. The number of amides is 1. The summed E-state index contributed by atoms with van der Waals surface area (Å²) in [4.78, 5) is 17.3. The second-order valence-electron chi connectivity index (χ2n) is 8.68. The molecule has 0 saturated carbocycles. The Morgan fingerprint density at radius 3 is 2.91 bits per heavy atom. The molecular weight excluding hydrogens is 465 g/mol. The van der Waals surface area contributed by atoms with Gasteiger partial charge >= 0.3 is 8.25 Å². The van der Waals surface area contributed by atoms with Crippen LogP contribution in [0.3, 0.4) is 0 Å². The molecule has 0 aliphatic carbocycles. The van der Waals surface area contributed by atoms with Crippen LogP contribution in [-0.2, 0) is 32.6 Å². The van der Waals surface area contributed by atoms with E-state index < -0.39 is 50.6 Å². The fourth-order valence-electron chi connectivity index (χ4n) is 4.12. The molecule has 1 aromatic rings. The Balaban J connectivity index is 1.31. The summed E-state index contributed by atoms with van der Waals surface area (Å²) < 4.78 is 41.1. The Morgan fingerprint density at radius 1 is 1.38 bits per heavy atom. The number of hydrogen-bond donors (Lipinski definition) is 2. The van der Waals surface area contributed by atoms with E-state index in [1.807, 2.05) is 6.08 Å². The molecule has 1 aromatic heterocycles. The molecule has 0 spiro atoms. The minimum atomic E-state index is -2.83. The SMILES string of the molecule is CC1(C)O[C@@H]2[C@H](O1)C(CO[PH](=O)OCCC(O)c1cccnc1)O[C@H]2N1C=CCC(C(N)=O)=C1. The van der Waals surface area contributed by atoms with Crippen molar-refractivity contribution in [1.82, 2.24) is 9.88 Å². The highest BCUT2D eigenvalue weighted by Crippen LogP contribution is 2.41. The first-order valence-corrected chi connectivity index (χ1v) is 12.3. The predicted molar refractivity (Wildman–Crippen MR) is 120 cm³/mol. The third kappa shape index (κ3) is 5.92. The molecule has 4 heterocycles. The number of fused-ring (bicyclic) bond motifs is 1. The van der Waals surface area contributed by atoms with Crippen molar-refractivity contribution < 1.29 is 37.7 Å². The largest absolute Gasteiger partial charge is 0.388 e. The Kier molecular flexibility index (Phi) is 7.83. The first kappa shape index (κ1) is 25.0. The number of aliphatic hydroxyl groups is 1. The highest BCUT2D eigenvalue weighted by molar-refractivity contribution is 7.33. The lowest BCUT2D eigenvalue weighted by Gasteiger charge is -2.31. The second kappa shape index (κ2) is 10.7. The van der Waals surface area contributed by atoms with Crippen molar-refractivity contribution in [3.63, 3.8) is 0 Å². The van der Waals surface area contributed by atoms with Crippen LogP contribution in [0, 0.1) is 0 Å². The van der Waals surface area contributed by atoms with Crippen molar-refractivity contribution >= 4 is 14.2 Å². The van der Waals surface area contributed by atoms with Gasteiger partial charge in [0, 0.05) is 36.8 Å². The molecule has 3 aliphatic rings. The zero-order valence-electron chi connectivity index (χ0n) is 19.0. The van der Waals surface area contributed by atoms with Crippen LogP contribution >= 0.6 is 8.25 Å². The van der Waals surface area contributed by atoms with Crippen LogP contribution in [0.15, 0.2) is 48.6 Å². The Morgan fingerprint density at radius 2 is 2.18 bits per heavy atom. The van der Waals surface area contributed by atoms with Crippen LogP contribution in [0.4, 0.5) is 0 Å².